The molecule has 1 aromatic rings. The number of hydrogen-bond donors (Lipinski definition) is 1. The molecule has 1 saturated heterocycles. The van der Waals surface area contributed by atoms with Crippen molar-refractivity contribution in [2.75, 3.05) is 36.9 Å². The molecular formula is C13H20N2O3S2. The third-order valence-corrected chi connectivity index (χ3v) is 6.30. The Kier molecular flexibility index (Phi) is 5.31. The van der Waals surface area contributed by atoms with Crippen LogP contribution in [0.2, 0.25) is 0 Å². The summed E-state index contributed by atoms with van der Waals surface area (Å²) < 4.78 is 31.4. The first-order valence-electron chi connectivity index (χ1n) is 6.56. The first-order chi connectivity index (χ1) is 9.49. The van der Waals surface area contributed by atoms with Gasteiger partial charge in [-0.1, -0.05) is 12.1 Å². The molecule has 0 aliphatic carbocycles. The molecule has 0 spiro atoms. The molecule has 1 heterocycles. The van der Waals surface area contributed by atoms with Crippen molar-refractivity contribution in [3.8, 4) is 0 Å². The summed E-state index contributed by atoms with van der Waals surface area (Å²) in [6.45, 7) is 3.26. The van der Waals surface area contributed by atoms with E-state index in [0.717, 1.165) is 4.90 Å². The van der Waals surface area contributed by atoms with Gasteiger partial charge in [0.25, 0.3) is 0 Å². The van der Waals surface area contributed by atoms with Crippen molar-refractivity contribution in [2.45, 2.75) is 17.9 Å². The summed E-state index contributed by atoms with van der Waals surface area (Å²) in [5.74, 6) is 0.626. The Labute approximate surface area is 124 Å². The lowest BCUT2D eigenvalue weighted by Gasteiger charge is -2.30. The number of para-hydroxylation sites is 1. The molecule has 0 bridgehead atoms. The Morgan fingerprint density at radius 1 is 1.45 bits per heavy atom. The minimum Gasteiger partial charge on any atom is -0.398 e. The normalized spacial score (nSPS) is 20.9. The van der Waals surface area contributed by atoms with Crippen LogP contribution in [0.15, 0.2) is 29.2 Å². The van der Waals surface area contributed by atoms with Crippen LogP contribution in [0.3, 0.4) is 0 Å². The standard InChI is InChI=1S/C13H20N2O3S2/c1-11-10-15(6-7-18-11)20(16,17)9-8-19-13-5-3-2-4-12(13)14/h2-5,11H,6-10,14H2,1H3. The summed E-state index contributed by atoms with van der Waals surface area (Å²) in [6, 6.07) is 7.49. The van der Waals surface area contributed by atoms with Crippen LogP contribution in [0.25, 0.3) is 0 Å². The second-order valence-electron chi connectivity index (χ2n) is 4.74. The van der Waals surface area contributed by atoms with E-state index in [4.69, 9.17) is 10.5 Å². The predicted molar refractivity (Wildman–Crippen MR) is 82.4 cm³/mol. The number of sulfonamides is 1. The first kappa shape index (κ1) is 15.6. The van der Waals surface area contributed by atoms with E-state index in [1.807, 2.05) is 31.2 Å². The summed E-state index contributed by atoms with van der Waals surface area (Å²) in [6.07, 6.45) is -0.0315. The number of benzene rings is 1. The van der Waals surface area contributed by atoms with Gasteiger partial charge in [0.05, 0.1) is 18.5 Å². The highest BCUT2D eigenvalue weighted by Gasteiger charge is 2.27. The molecule has 0 saturated carbocycles. The molecule has 1 aliphatic rings. The molecule has 0 radical (unpaired) electrons. The van der Waals surface area contributed by atoms with Crippen LogP contribution in [0.1, 0.15) is 6.92 Å². The van der Waals surface area contributed by atoms with Gasteiger partial charge in [-0.2, -0.15) is 4.31 Å². The molecule has 2 rings (SSSR count). The molecule has 1 unspecified atom stereocenters. The SMILES string of the molecule is CC1CN(S(=O)(=O)CCSc2ccccc2N)CCO1. The van der Waals surface area contributed by atoms with Crippen molar-refractivity contribution in [3.05, 3.63) is 24.3 Å². The van der Waals surface area contributed by atoms with Gasteiger partial charge in [-0.15, -0.1) is 11.8 Å². The number of nitrogen functional groups attached to an aromatic ring is 1. The number of anilines is 1. The fourth-order valence-corrected chi connectivity index (χ4v) is 4.89. The van der Waals surface area contributed by atoms with Crippen molar-refractivity contribution < 1.29 is 13.2 Å². The van der Waals surface area contributed by atoms with E-state index < -0.39 is 10.0 Å². The lowest BCUT2D eigenvalue weighted by Crippen LogP contribution is -2.45. The van der Waals surface area contributed by atoms with Gasteiger partial charge >= 0.3 is 0 Å². The Bertz CT molecular complexity index is 548. The fourth-order valence-electron chi connectivity index (χ4n) is 2.04. The van der Waals surface area contributed by atoms with E-state index in [1.54, 1.807) is 0 Å². The molecule has 1 fully saturated rings. The highest BCUT2D eigenvalue weighted by atomic mass is 32.2. The maximum absolute atomic E-state index is 12.2. The molecule has 2 N–H and O–H groups in total. The van der Waals surface area contributed by atoms with E-state index in [9.17, 15) is 8.42 Å². The number of morpholine rings is 1. The quantitative estimate of drug-likeness (QED) is 0.657. The van der Waals surface area contributed by atoms with Crippen LogP contribution in [0.5, 0.6) is 0 Å². The third-order valence-electron chi connectivity index (χ3n) is 3.12. The van der Waals surface area contributed by atoms with Crippen LogP contribution >= 0.6 is 11.8 Å². The van der Waals surface area contributed by atoms with Gasteiger partial charge in [0.15, 0.2) is 0 Å². The van der Waals surface area contributed by atoms with Crippen LogP contribution < -0.4 is 5.73 Å². The highest BCUT2D eigenvalue weighted by molar-refractivity contribution is 8.00. The molecule has 112 valence electrons. The van der Waals surface area contributed by atoms with Gasteiger partial charge in [-0.25, -0.2) is 8.42 Å². The van der Waals surface area contributed by atoms with Crippen molar-refractivity contribution >= 4 is 27.5 Å². The summed E-state index contributed by atoms with van der Waals surface area (Å²) >= 11 is 1.48. The molecule has 0 aromatic heterocycles. The molecular weight excluding hydrogens is 296 g/mol. The lowest BCUT2D eigenvalue weighted by atomic mass is 10.3. The maximum atomic E-state index is 12.2. The third kappa shape index (κ3) is 4.12. The number of thioether (sulfide) groups is 1. The first-order valence-corrected chi connectivity index (χ1v) is 9.15. The average molecular weight is 316 g/mol. The fraction of sp³-hybridized carbons (Fsp3) is 0.538. The van der Waals surface area contributed by atoms with Crippen molar-refractivity contribution in [1.82, 2.24) is 4.31 Å². The van der Waals surface area contributed by atoms with Crippen molar-refractivity contribution in [3.63, 3.8) is 0 Å². The number of ether oxygens (including phenoxy) is 1. The molecule has 20 heavy (non-hydrogen) atoms. The zero-order valence-corrected chi connectivity index (χ0v) is 13.1. The largest absolute Gasteiger partial charge is 0.398 e. The average Bonchev–Trinajstić information content (AvgIpc) is 2.41. The monoisotopic (exact) mass is 316 g/mol. The highest BCUT2D eigenvalue weighted by Crippen LogP contribution is 2.24. The molecule has 5 nitrogen and oxygen atoms in total. The Morgan fingerprint density at radius 3 is 2.90 bits per heavy atom. The molecule has 1 atom stereocenters. The number of rotatable bonds is 5. The minimum absolute atomic E-state index is 0.0315. The zero-order chi connectivity index (χ0) is 14.6. The zero-order valence-electron chi connectivity index (χ0n) is 11.5. The Hall–Kier alpha value is -0.760. The van der Waals surface area contributed by atoms with Crippen LogP contribution in [-0.2, 0) is 14.8 Å². The van der Waals surface area contributed by atoms with E-state index in [2.05, 4.69) is 0 Å². The van der Waals surface area contributed by atoms with Gasteiger partial charge in [0, 0.05) is 29.4 Å². The number of nitrogens with zero attached hydrogens (tertiary/aromatic N) is 1. The van der Waals surface area contributed by atoms with Crippen LogP contribution in [-0.4, -0.2) is 50.0 Å². The van der Waals surface area contributed by atoms with Crippen molar-refractivity contribution in [1.29, 1.82) is 0 Å². The predicted octanol–water partition coefficient (Wildman–Crippen LogP) is 1.41. The number of nitrogens with two attached hydrogens (primary N) is 1. The lowest BCUT2D eigenvalue weighted by molar-refractivity contribution is 0.0102. The van der Waals surface area contributed by atoms with E-state index in [0.29, 0.717) is 31.1 Å². The second-order valence-corrected chi connectivity index (χ2v) is 7.97. The molecule has 7 heteroatoms. The summed E-state index contributed by atoms with van der Waals surface area (Å²) in [7, 11) is -3.21. The molecule has 0 amide bonds. The minimum atomic E-state index is -3.21. The summed E-state index contributed by atoms with van der Waals surface area (Å²) in [5, 5.41) is 0. The van der Waals surface area contributed by atoms with Crippen molar-refractivity contribution in [2.24, 2.45) is 0 Å². The van der Waals surface area contributed by atoms with Gasteiger partial charge in [0.1, 0.15) is 0 Å². The molecule has 1 aromatic carbocycles. The van der Waals surface area contributed by atoms with Crippen LogP contribution in [0.4, 0.5) is 5.69 Å². The van der Waals surface area contributed by atoms with Gasteiger partial charge in [0.2, 0.25) is 10.0 Å². The van der Waals surface area contributed by atoms with Gasteiger partial charge in [-0.05, 0) is 19.1 Å². The topological polar surface area (TPSA) is 72.6 Å². The summed E-state index contributed by atoms with van der Waals surface area (Å²) in [4.78, 5) is 0.929. The second kappa shape index (κ2) is 6.80. The summed E-state index contributed by atoms with van der Waals surface area (Å²) in [5.41, 5.74) is 6.52. The maximum Gasteiger partial charge on any atom is 0.215 e. The Balaban J connectivity index is 1.88. The molecule has 1 aliphatic heterocycles. The smallest absolute Gasteiger partial charge is 0.215 e. The van der Waals surface area contributed by atoms with E-state index in [-0.39, 0.29) is 11.9 Å². The number of hydrogen-bond acceptors (Lipinski definition) is 5. The van der Waals surface area contributed by atoms with Gasteiger partial charge < -0.3 is 10.5 Å². The van der Waals surface area contributed by atoms with E-state index in [1.165, 1.54) is 16.1 Å². The van der Waals surface area contributed by atoms with E-state index >= 15 is 0 Å². The van der Waals surface area contributed by atoms with Crippen LogP contribution in [0, 0.1) is 0 Å². The Morgan fingerprint density at radius 2 is 2.20 bits per heavy atom. The van der Waals surface area contributed by atoms with Gasteiger partial charge in [-0.3, -0.25) is 0 Å².